The number of methoxy groups -OCH3 is 2. The Kier molecular flexibility index (Phi) is 6.87. The highest BCUT2D eigenvalue weighted by Crippen LogP contribution is 2.23. The normalized spacial score (nSPS) is 13.0. The third-order valence-electron chi connectivity index (χ3n) is 4.49. The van der Waals surface area contributed by atoms with Crippen molar-refractivity contribution in [1.82, 2.24) is 5.32 Å². The molecule has 0 saturated carbocycles. The average Bonchev–Trinajstić information content (AvgIpc) is 2.67. The van der Waals surface area contributed by atoms with Crippen LogP contribution in [0, 0.1) is 5.92 Å². The van der Waals surface area contributed by atoms with Crippen molar-refractivity contribution in [3.05, 3.63) is 59.7 Å². The number of carbonyl (C=O) groups is 1. The summed E-state index contributed by atoms with van der Waals surface area (Å²) >= 11 is 0. The van der Waals surface area contributed by atoms with Crippen LogP contribution in [0.5, 0.6) is 11.5 Å². The van der Waals surface area contributed by atoms with Crippen molar-refractivity contribution in [2.75, 3.05) is 14.2 Å². The van der Waals surface area contributed by atoms with E-state index in [9.17, 15) is 4.79 Å². The molecular formula is C21H27NO3. The van der Waals surface area contributed by atoms with E-state index in [0.29, 0.717) is 0 Å². The fourth-order valence-corrected chi connectivity index (χ4v) is 2.59. The predicted molar refractivity (Wildman–Crippen MR) is 100 cm³/mol. The Morgan fingerprint density at radius 3 is 1.96 bits per heavy atom. The van der Waals surface area contributed by atoms with Gasteiger partial charge in [-0.25, -0.2) is 0 Å². The maximum absolute atomic E-state index is 12.4. The zero-order chi connectivity index (χ0) is 18.2. The van der Waals surface area contributed by atoms with Gasteiger partial charge in [0.15, 0.2) is 0 Å². The number of carbonyl (C=O) groups excluding carboxylic acids is 1. The summed E-state index contributed by atoms with van der Waals surface area (Å²) < 4.78 is 10.4. The first-order valence-corrected chi connectivity index (χ1v) is 8.64. The average molecular weight is 341 g/mol. The minimum atomic E-state index is -0.0826. The van der Waals surface area contributed by atoms with Gasteiger partial charge >= 0.3 is 0 Å². The summed E-state index contributed by atoms with van der Waals surface area (Å²) in [4.78, 5) is 12.4. The number of rotatable bonds is 8. The molecule has 1 N–H and O–H groups in total. The third-order valence-corrected chi connectivity index (χ3v) is 4.49. The topological polar surface area (TPSA) is 47.6 Å². The van der Waals surface area contributed by atoms with Gasteiger partial charge in [0.05, 0.1) is 20.3 Å². The van der Waals surface area contributed by atoms with E-state index in [4.69, 9.17) is 9.47 Å². The number of benzene rings is 2. The molecule has 2 atom stereocenters. The van der Waals surface area contributed by atoms with Crippen molar-refractivity contribution < 1.29 is 14.3 Å². The van der Waals surface area contributed by atoms with Crippen LogP contribution >= 0.6 is 0 Å². The van der Waals surface area contributed by atoms with Crippen molar-refractivity contribution in [3.63, 3.8) is 0 Å². The summed E-state index contributed by atoms with van der Waals surface area (Å²) in [5.74, 6) is 1.71. The zero-order valence-electron chi connectivity index (χ0n) is 15.4. The van der Waals surface area contributed by atoms with E-state index < -0.39 is 0 Å². The maximum Gasteiger partial charge on any atom is 0.223 e. The number of hydrogen-bond donors (Lipinski definition) is 1. The molecule has 2 rings (SSSR count). The molecule has 0 spiro atoms. The third kappa shape index (κ3) is 5.24. The fraction of sp³-hybridized carbons (Fsp3) is 0.381. The molecule has 4 heteroatoms. The fourth-order valence-electron chi connectivity index (χ4n) is 2.59. The molecule has 0 bridgehead atoms. The van der Waals surface area contributed by atoms with Crippen LogP contribution in [-0.4, -0.2) is 20.1 Å². The van der Waals surface area contributed by atoms with Crippen molar-refractivity contribution in [1.29, 1.82) is 0 Å². The molecule has 1 amide bonds. The molecule has 0 aromatic heterocycles. The molecule has 25 heavy (non-hydrogen) atoms. The van der Waals surface area contributed by atoms with E-state index in [1.54, 1.807) is 14.2 Å². The molecule has 2 aromatic rings. The molecule has 0 fully saturated rings. The first kappa shape index (κ1) is 18.8. The van der Waals surface area contributed by atoms with Crippen LogP contribution in [0.25, 0.3) is 0 Å². The lowest BCUT2D eigenvalue weighted by Crippen LogP contribution is -2.33. The predicted octanol–water partition coefficient (Wildman–Crippen LogP) is 4.15. The van der Waals surface area contributed by atoms with Gasteiger partial charge in [0, 0.05) is 5.92 Å². The van der Waals surface area contributed by atoms with E-state index in [-0.39, 0.29) is 17.9 Å². The highest BCUT2D eigenvalue weighted by molar-refractivity contribution is 5.78. The molecule has 0 heterocycles. The Labute approximate surface area is 150 Å². The van der Waals surface area contributed by atoms with Crippen molar-refractivity contribution in [3.8, 4) is 11.5 Å². The van der Waals surface area contributed by atoms with Gasteiger partial charge < -0.3 is 14.8 Å². The molecule has 0 saturated heterocycles. The minimum Gasteiger partial charge on any atom is -0.497 e. The quantitative estimate of drug-likeness (QED) is 0.784. The van der Waals surface area contributed by atoms with Crippen LogP contribution in [0.1, 0.15) is 37.4 Å². The number of hydrogen-bond acceptors (Lipinski definition) is 3. The van der Waals surface area contributed by atoms with E-state index in [0.717, 1.165) is 35.5 Å². The smallest absolute Gasteiger partial charge is 0.223 e. The van der Waals surface area contributed by atoms with Gasteiger partial charge in [-0.15, -0.1) is 0 Å². The summed E-state index contributed by atoms with van der Waals surface area (Å²) in [5, 5.41) is 3.19. The molecule has 0 radical (unpaired) electrons. The van der Waals surface area contributed by atoms with E-state index in [2.05, 4.69) is 5.32 Å². The summed E-state index contributed by atoms with van der Waals surface area (Å²) in [7, 11) is 3.30. The second kappa shape index (κ2) is 9.11. The molecule has 0 unspecified atom stereocenters. The molecule has 0 aliphatic rings. The molecular weight excluding hydrogens is 314 g/mol. The second-order valence-electron chi connectivity index (χ2n) is 6.20. The van der Waals surface area contributed by atoms with Crippen molar-refractivity contribution in [2.24, 2.45) is 5.92 Å². The highest BCUT2D eigenvalue weighted by Gasteiger charge is 2.18. The lowest BCUT2D eigenvalue weighted by atomic mass is 9.97. The molecule has 4 nitrogen and oxygen atoms in total. The van der Waals surface area contributed by atoms with Gasteiger partial charge in [0.25, 0.3) is 0 Å². The Balaban J connectivity index is 2.21. The van der Waals surface area contributed by atoms with Crippen LogP contribution in [-0.2, 0) is 11.2 Å². The highest BCUT2D eigenvalue weighted by atomic mass is 16.5. The summed E-state index contributed by atoms with van der Waals surface area (Å²) in [5.41, 5.74) is 2.21. The number of ether oxygens (including phenoxy) is 2. The molecule has 0 aliphatic carbocycles. The Morgan fingerprint density at radius 1 is 0.960 bits per heavy atom. The van der Waals surface area contributed by atoms with Gasteiger partial charge in [0.2, 0.25) is 5.91 Å². The number of amides is 1. The Hall–Kier alpha value is -2.49. The first-order valence-electron chi connectivity index (χ1n) is 8.64. The SMILES string of the molecule is CC[C@@H](C)C(=O)N[C@H](Cc1ccc(OC)cc1)c1ccc(OC)cc1. The molecule has 0 aliphatic heterocycles. The second-order valence-corrected chi connectivity index (χ2v) is 6.20. The van der Waals surface area contributed by atoms with Gasteiger partial charge in [-0.2, -0.15) is 0 Å². The Morgan fingerprint density at radius 2 is 1.48 bits per heavy atom. The Bertz CT molecular complexity index is 665. The lowest BCUT2D eigenvalue weighted by molar-refractivity contribution is -0.125. The number of nitrogens with one attached hydrogen (secondary N) is 1. The monoisotopic (exact) mass is 341 g/mol. The maximum atomic E-state index is 12.4. The van der Waals surface area contributed by atoms with Crippen LogP contribution in [0.2, 0.25) is 0 Å². The van der Waals surface area contributed by atoms with Gasteiger partial charge in [-0.05, 0) is 48.2 Å². The van der Waals surface area contributed by atoms with Crippen LogP contribution in [0.15, 0.2) is 48.5 Å². The lowest BCUT2D eigenvalue weighted by Gasteiger charge is -2.22. The zero-order valence-corrected chi connectivity index (χ0v) is 15.4. The largest absolute Gasteiger partial charge is 0.497 e. The van der Waals surface area contributed by atoms with Crippen LogP contribution in [0.4, 0.5) is 0 Å². The first-order chi connectivity index (χ1) is 12.1. The van der Waals surface area contributed by atoms with E-state index >= 15 is 0 Å². The molecule has 2 aromatic carbocycles. The summed E-state index contributed by atoms with van der Waals surface area (Å²) in [6.07, 6.45) is 1.54. The minimum absolute atomic E-state index is 0.00313. The van der Waals surface area contributed by atoms with Crippen LogP contribution < -0.4 is 14.8 Å². The summed E-state index contributed by atoms with van der Waals surface area (Å²) in [6.45, 7) is 3.98. The van der Waals surface area contributed by atoms with Gasteiger partial charge in [-0.3, -0.25) is 4.79 Å². The molecule has 134 valence electrons. The van der Waals surface area contributed by atoms with Crippen LogP contribution in [0.3, 0.4) is 0 Å². The van der Waals surface area contributed by atoms with E-state index in [1.165, 1.54) is 0 Å². The van der Waals surface area contributed by atoms with Crippen molar-refractivity contribution in [2.45, 2.75) is 32.7 Å². The van der Waals surface area contributed by atoms with E-state index in [1.807, 2.05) is 62.4 Å². The van der Waals surface area contributed by atoms with Gasteiger partial charge in [-0.1, -0.05) is 38.1 Å². The summed E-state index contributed by atoms with van der Waals surface area (Å²) in [6, 6.07) is 15.7. The standard InChI is InChI=1S/C21H27NO3/c1-5-15(2)21(23)22-20(17-8-12-19(25-4)13-9-17)14-16-6-10-18(24-3)11-7-16/h6-13,15,20H,5,14H2,1-4H3,(H,22,23)/t15-,20-/m1/s1. The van der Waals surface area contributed by atoms with Crippen molar-refractivity contribution >= 4 is 5.91 Å². The van der Waals surface area contributed by atoms with Gasteiger partial charge in [0.1, 0.15) is 11.5 Å².